The molecule has 0 saturated heterocycles. The van der Waals surface area contributed by atoms with Crippen LogP contribution >= 0.6 is 27.5 Å². The third-order valence-electron chi connectivity index (χ3n) is 4.34. The van der Waals surface area contributed by atoms with Crippen molar-refractivity contribution in [2.45, 2.75) is 0 Å². The van der Waals surface area contributed by atoms with Crippen LogP contribution in [0.2, 0.25) is 5.02 Å². The minimum atomic E-state index is -0.0134. The van der Waals surface area contributed by atoms with Crippen LogP contribution in [0.3, 0.4) is 0 Å². The fourth-order valence-electron chi connectivity index (χ4n) is 3.37. The summed E-state index contributed by atoms with van der Waals surface area (Å²) in [4.78, 5) is 12.7. The van der Waals surface area contributed by atoms with Crippen molar-refractivity contribution < 1.29 is 9.21 Å². The molecule has 23 heavy (non-hydrogen) atoms. The summed E-state index contributed by atoms with van der Waals surface area (Å²) < 4.78 is 6.96. The summed E-state index contributed by atoms with van der Waals surface area (Å²) in [6, 6.07) is 15.2. The summed E-state index contributed by atoms with van der Waals surface area (Å²) in [6.45, 7) is 0. The third-order valence-corrected chi connectivity index (χ3v) is 5.20. The lowest BCUT2D eigenvalue weighted by atomic mass is 10.0. The number of rotatable bonds is 0. The molecule has 4 aromatic rings. The zero-order valence-electron chi connectivity index (χ0n) is 11.7. The Bertz CT molecular complexity index is 1160. The Morgan fingerprint density at radius 2 is 1.78 bits per heavy atom. The first-order valence-electron chi connectivity index (χ1n) is 7.13. The molecule has 2 nitrogen and oxygen atoms in total. The molecule has 1 heterocycles. The van der Waals surface area contributed by atoms with Crippen molar-refractivity contribution in [3.63, 3.8) is 0 Å². The standard InChI is InChI=1S/C19H8BrClO2/c20-14-8-13-16(10-6-5-9(21)7-12(10)18(13)22)19-17(14)11-3-1-2-4-15(11)23-19/h1-8H. The van der Waals surface area contributed by atoms with Crippen molar-refractivity contribution >= 4 is 55.3 Å². The molecule has 3 aromatic carbocycles. The summed E-state index contributed by atoms with van der Waals surface area (Å²) in [5.74, 6) is -0.0134. The van der Waals surface area contributed by atoms with Gasteiger partial charge < -0.3 is 4.42 Å². The lowest BCUT2D eigenvalue weighted by molar-refractivity contribution is 0.104. The second-order valence-corrected chi connectivity index (χ2v) is 6.89. The van der Waals surface area contributed by atoms with Crippen molar-refractivity contribution in [1.29, 1.82) is 0 Å². The Morgan fingerprint density at radius 3 is 2.65 bits per heavy atom. The van der Waals surface area contributed by atoms with Gasteiger partial charge in [-0.1, -0.05) is 35.9 Å². The topological polar surface area (TPSA) is 30.2 Å². The predicted octanol–water partition coefficient (Wildman–Crippen LogP) is 6.21. The van der Waals surface area contributed by atoms with E-state index in [1.54, 1.807) is 12.1 Å². The van der Waals surface area contributed by atoms with Crippen molar-refractivity contribution in [1.82, 2.24) is 0 Å². The highest BCUT2D eigenvalue weighted by molar-refractivity contribution is 9.10. The minimum absolute atomic E-state index is 0.0134. The summed E-state index contributed by atoms with van der Waals surface area (Å²) >= 11 is 9.66. The molecule has 0 fully saturated rings. The number of halogens is 2. The van der Waals surface area contributed by atoms with Gasteiger partial charge in [0.05, 0.1) is 0 Å². The van der Waals surface area contributed by atoms with Gasteiger partial charge in [-0.2, -0.15) is 0 Å². The van der Waals surface area contributed by atoms with Crippen LogP contribution in [0, 0.1) is 0 Å². The smallest absolute Gasteiger partial charge is 0.194 e. The highest BCUT2D eigenvalue weighted by Gasteiger charge is 2.31. The minimum Gasteiger partial charge on any atom is -0.455 e. The van der Waals surface area contributed by atoms with Crippen LogP contribution < -0.4 is 0 Å². The quantitative estimate of drug-likeness (QED) is 0.318. The van der Waals surface area contributed by atoms with Crippen LogP contribution in [-0.4, -0.2) is 5.78 Å². The van der Waals surface area contributed by atoms with Crippen molar-refractivity contribution in [2.75, 3.05) is 0 Å². The number of carbonyl (C=O) groups excluding carboxylic acids is 1. The van der Waals surface area contributed by atoms with Gasteiger partial charge in [0, 0.05) is 37.0 Å². The fourth-order valence-corrected chi connectivity index (χ4v) is 4.16. The van der Waals surface area contributed by atoms with Gasteiger partial charge in [0.15, 0.2) is 5.78 Å². The number of para-hydroxylation sites is 1. The fraction of sp³-hybridized carbons (Fsp3) is 0. The molecule has 0 bridgehead atoms. The average Bonchev–Trinajstić information content (AvgIpc) is 3.05. The molecule has 1 aromatic heterocycles. The number of ketones is 1. The molecule has 0 atom stereocenters. The normalized spacial score (nSPS) is 12.9. The van der Waals surface area contributed by atoms with Gasteiger partial charge in [0.2, 0.25) is 0 Å². The van der Waals surface area contributed by atoms with Crippen LogP contribution in [0.4, 0.5) is 0 Å². The SMILES string of the molecule is O=C1c2cc(Cl)ccc2-c2c1cc(Br)c1c2oc2ccccc21. The molecule has 0 spiro atoms. The molecule has 110 valence electrons. The van der Waals surface area contributed by atoms with Crippen molar-refractivity contribution in [3.05, 3.63) is 69.2 Å². The van der Waals surface area contributed by atoms with E-state index in [0.29, 0.717) is 16.1 Å². The van der Waals surface area contributed by atoms with Crippen LogP contribution in [0.15, 0.2) is 57.4 Å². The van der Waals surface area contributed by atoms with Gasteiger partial charge in [0.25, 0.3) is 0 Å². The Hall–Kier alpha value is -2.10. The van der Waals surface area contributed by atoms with Gasteiger partial charge in [-0.25, -0.2) is 0 Å². The molecular formula is C19H8BrClO2. The van der Waals surface area contributed by atoms with E-state index in [0.717, 1.165) is 37.5 Å². The first kappa shape index (κ1) is 13.3. The van der Waals surface area contributed by atoms with Gasteiger partial charge in [0.1, 0.15) is 11.2 Å². The second kappa shape index (κ2) is 4.47. The molecular weight excluding hydrogens is 376 g/mol. The molecule has 0 unspecified atom stereocenters. The largest absolute Gasteiger partial charge is 0.455 e. The van der Waals surface area contributed by atoms with E-state index in [9.17, 15) is 4.79 Å². The molecule has 4 heteroatoms. The van der Waals surface area contributed by atoms with Crippen LogP contribution in [-0.2, 0) is 0 Å². The van der Waals surface area contributed by atoms with E-state index in [4.69, 9.17) is 16.0 Å². The summed E-state index contributed by atoms with van der Waals surface area (Å²) in [5.41, 5.74) is 4.58. The second-order valence-electron chi connectivity index (χ2n) is 5.60. The van der Waals surface area contributed by atoms with Crippen LogP contribution in [0.1, 0.15) is 15.9 Å². The van der Waals surface area contributed by atoms with E-state index in [-0.39, 0.29) is 5.78 Å². The van der Waals surface area contributed by atoms with E-state index in [1.165, 1.54) is 0 Å². The molecule has 0 radical (unpaired) electrons. The maximum Gasteiger partial charge on any atom is 0.194 e. The molecule has 1 aliphatic carbocycles. The molecule has 0 aliphatic heterocycles. The van der Waals surface area contributed by atoms with Crippen LogP contribution in [0.25, 0.3) is 33.1 Å². The number of carbonyl (C=O) groups is 1. The molecule has 1 aliphatic rings. The molecule has 0 amide bonds. The lowest BCUT2D eigenvalue weighted by Gasteiger charge is -2.03. The number of benzene rings is 3. The zero-order valence-corrected chi connectivity index (χ0v) is 14.0. The third kappa shape index (κ3) is 1.66. The number of fused-ring (bicyclic) bond motifs is 7. The first-order chi connectivity index (χ1) is 11.1. The Labute approximate surface area is 144 Å². The van der Waals surface area contributed by atoms with Crippen molar-refractivity contribution in [2.24, 2.45) is 0 Å². The van der Waals surface area contributed by atoms with Gasteiger partial charge in [-0.15, -0.1) is 0 Å². The maximum absolute atomic E-state index is 12.7. The predicted molar refractivity (Wildman–Crippen MR) is 95.3 cm³/mol. The van der Waals surface area contributed by atoms with E-state index in [1.807, 2.05) is 36.4 Å². The Kier molecular flexibility index (Phi) is 2.59. The Balaban J connectivity index is 2.02. The van der Waals surface area contributed by atoms with Crippen LogP contribution in [0.5, 0.6) is 0 Å². The van der Waals surface area contributed by atoms with E-state index in [2.05, 4.69) is 15.9 Å². The summed E-state index contributed by atoms with van der Waals surface area (Å²) in [5, 5.41) is 2.59. The van der Waals surface area contributed by atoms with E-state index >= 15 is 0 Å². The number of furan rings is 1. The zero-order chi connectivity index (χ0) is 15.7. The highest BCUT2D eigenvalue weighted by atomic mass is 79.9. The summed E-state index contributed by atoms with van der Waals surface area (Å²) in [7, 11) is 0. The molecule has 0 N–H and O–H groups in total. The highest BCUT2D eigenvalue weighted by Crippen LogP contribution is 2.47. The summed E-state index contributed by atoms with van der Waals surface area (Å²) in [6.07, 6.45) is 0. The van der Waals surface area contributed by atoms with Gasteiger partial charge >= 0.3 is 0 Å². The maximum atomic E-state index is 12.7. The Morgan fingerprint density at radius 1 is 0.957 bits per heavy atom. The van der Waals surface area contributed by atoms with Gasteiger partial charge in [-0.3, -0.25) is 4.79 Å². The number of hydrogen-bond acceptors (Lipinski definition) is 2. The first-order valence-corrected chi connectivity index (χ1v) is 8.30. The molecule has 5 rings (SSSR count). The number of hydrogen-bond donors (Lipinski definition) is 0. The van der Waals surface area contributed by atoms with Crippen molar-refractivity contribution in [3.8, 4) is 11.1 Å². The molecule has 0 saturated carbocycles. The monoisotopic (exact) mass is 382 g/mol. The average molecular weight is 384 g/mol. The lowest BCUT2D eigenvalue weighted by Crippen LogP contribution is -1.95. The van der Waals surface area contributed by atoms with Gasteiger partial charge in [-0.05, 0) is 45.8 Å². The van der Waals surface area contributed by atoms with E-state index < -0.39 is 0 Å².